The molecule has 0 saturated carbocycles. The molecule has 20 heavy (non-hydrogen) atoms. The molecule has 2 aromatic carbocycles. The van der Waals surface area contributed by atoms with E-state index in [0.29, 0.717) is 10.0 Å². The van der Waals surface area contributed by atoms with Gasteiger partial charge in [0, 0.05) is 22.1 Å². The minimum Gasteiger partial charge on any atom is -0.508 e. The van der Waals surface area contributed by atoms with Crippen LogP contribution in [0.25, 0.3) is 0 Å². The largest absolute Gasteiger partial charge is 0.508 e. The van der Waals surface area contributed by atoms with Gasteiger partial charge in [-0.15, -0.1) is 0 Å². The zero-order valence-corrected chi connectivity index (χ0v) is 12.9. The number of rotatable bonds is 4. The topological polar surface area (TPSA) is 32.3 Å². The Labute approximate surface area is 129 Å². The van der Waals surface area contributed by atoms with Crippen molar-refractivity contribution in [2.45, 2.75) is 25.9 Å². The zero-order valence-electron chi connectivity index (χ0n) is 11.4. The second-order valence-corrected chi connectivity index (χ2v) is 5.71. The fraction of sp³-hybridized carbons (Fsp3) is 0.250. The Kier molecular flexibility index (Phi) is 4.92. The zero-order chi connectivity index (χ0) is 14.7. The smallest absolute Gasteiger partial charge is 0.115 e. The Morgan fingerprint density at radius 2 is 1.75 bits per heavy atom. The van der Waals surface area contributed by atoms with Gasteiger partial charge >= 0.3 is 0 Å². The maximum atomic E-state index is 9.53. The lowest BCUT2D eigenvalue weighted by Gasteiger charge is -2.22. The molecule has 2 nitrogen and oxygen atoms in total. The van der Waals surface area contributed by atoms with Crippen LogP contribution in [0.3, 0.4) is 0 Å². The maximum absolute atomic E-state index is 9.53. The van der Waals surface area contributed by atoms with Crippen molar-refractivity contribution in [1.29, 1.82) is 0 Å². The summed E-state index contributed by atoms with van der Waals surface area (Å²) in [6, 6.07) is 12.8. The average Bonchev–Trinajstić information content (AvgIpc) is 2.41. The van der Waals surface area contributed by atoms with Crippen molar-refractivity contribution < 1.29 is 5.11 Å². The third kappa shape index (κ3) is 3.66. The maximum Gasteiger partial charge on any atom is 0.115 e. The van der Waals surface area contributed by atoms with E-state index in [1.54, 1.807) is 24.3 Å². The average molecular weight is 310 g/mol. The van der Waals surface area contributed by atoms with Crippen molar-refractivity contribution in [3.05, 3.63) is 63.6 Å². The minimum absolute atomic E-state index is 0.0542. The Hall–Kier alpha value is -1.22. The molecule has 0 heterocycles. The fourth-order valence-corrected chi connectivity index (χ4v) is 2.66. The Bertz CT molecular complexity index is 601. The predicted molar refractivity (Wildman–Crippen MR) is 84.5 cm³/mol. The summed E-state index contributed by atoms with van der Waals surface area (Å²) in [6.07, 6.45) is 0. The summed E-state index contributed by atoms with van der Waals surface area (Å²) in [5.74, 6) is 0.268. The fourth-order valence-electron chi connectivity index (χ4n) is 2.20. The molecule has 0 spiro atoms. The summed E-state index contributed by atoms with van der Waals surface area (Å²) in [5.41, 5.74) is 1.99. The van der Waals surface area contributed by atoms with Crippen molar-refractivity contribution in [3.63, 3.8) is 0 Å². The van der Waals surface area contributed by atoms with Gasteiger partial charge in [0.15, 0.2) is 0 Å². The van der Waals surface area contributed by atoms with Gasteiger partial charge in [0.1, 0.15) is 5.75 Å². The van der Waals surface area contributed by atoms with Gasteiger partial charge in [0.2, 0.25) is 0 Å². The lowest BCUT2D eigenvalue weighted by Crippen LogP contribution is -2.22. The highest BCUT2D eigenvalue weighted by Crippen LogP contribution is 2.28. The molecular formula is C16H17Cl2NO. The molecule has 0 saturated heterocycles. The molecule has 2 aromatic rings. The van der Waals surface area contributed by atoms with Crippen molar-refractivity contribution in [2.24, 2.45) is 0 Å². The van der Waals surface area contributed by atoms with E-state index in [4.69, 9.17) is 23.2 Å². The van der Waals surface area contributed by atoms with Crippen LogP contribution in [-0.4, -0.2) is 5.11 Å². The predicted octanol–water partition coefficient (Wildman–Crippen LogP) is 5.11. The van der Waals surface area contributed by atoms with Crippen LogP contribution in [0, 0.1) is 0 Å². The van der Waals surface area contributed by atoms with E-state index in [2.05, 4.69) is 5.32 Å². The van der Waals surface area contributed by atoms with E-state index in [1.165, 1.54) is 0 Å². The van der Waals surface area contributed by atoms with E-state index >= 15 is 0 Å². The first-order valence-corrected chi connectivity index (χ1v) is 7.23. The van der Waals surface area contributed by atoms with Gasteiger partial charge in [0.25, 0.3) is 0 Å². The Morgan fingerprint density at radius 3 is 2.45 bits per heavy atom. The Morgan fingerprint density at radius 1 is 1.00 bits per heavy atom. The quantitative estimate of drug-likeness (QED) is 0.822. The van der Waals surface area contributed by atoms with E-state index in [0.717, 1.165) is 11.1 Å². The van der Waals surface area contributed by atoms with Crippen molar-refractivity contribution in [3.8, 4) is 5.75 Å². The first-order chi connectivity index (χ1) is 9.47. The molecule has 0 bridgehead atoms. The first-order valence-electron chi connectivity index (χ1n) is 6.47. The number of halogens is 2. The third-order valence-corrected chi connectivity index (χ3v) is 3.87. The summed E-state index contributed by atoms with van der Waals surface area (Å²) in [4.78, 5) is 0. The molecule has 2 rings (SSSR count). The van der Waals surface area contributed by atoms with Gasteiger partial charge in [-0.05, 0) is 55.3 Å². The van der Waals surface area contributed by atoms with Gasteiger partial charge in [-0.2, -0.15) is 0 Å². The molecule has 0 aliphatic rings. The number of aromatic hydroxyl groups is 1. The van der Waals surface area contributed by atoms with Crippen molar-refractivity contribution in [1.82, 2.24) is 5.32 Å². The number of benzene rings is 2. The van der Waals surface area contributed by atoms with Crippen LogP contribution in [0.15, 0.2) is 42.5 Å². The standard InChI is InChI=1S/C16H17Cl2NO/c1-10(12-4-3-5-14(20)8-12)19-11(2)15-9-13(17)6-7-16(15)18/h3-11,19-20H,1-2H3. The van der Waals surface area contributed by atoms with Crippen LogP contribution < -0.4 is 5.32 Å². The molecule has 0 aliphatic carbocycles. The molecule has 2 atom stereocenters. The van der Waals surface area contributed by atoms with E-state index in [9.17, 15) is 5.11 Å². The summed E-state index contributed by atoms with van der Waals surface area (Å²) < 4.78 is 0. The molecule has 4 heteroatoms. The number of phenolic OH excluding ortho intramolecular Hbond substituents is 1. The Balaban J connectivity index is 2.15. The second kappa shape index (κ2) is 6.49. The van der Waals surface area contributed by atoms with Crippen LogP contribution in [0.2, 0.25) is 10.0 Å². The van der Waals surface area contributed by atoms with Crippen LogP contribution in [0.4, 0.5) is 0 Å². The van der Waals surface area contributed by atoms with E-state index in [1.807, 2.05) is 32.0 Å². The molecule has 0 aromatic heterocycles. The monoisotopic (exact) mass is 309 g/mol. The summed E-state index contributed by atoms with van der Waals surface area (Å²) in [6.45, 7) is 4.08. The van der Waals surface area contributed by atoms with Gasteiger partial charge in [0.05, 0.1) is 0 Å². The summed E-state index contributed by atoms with van der Waals surface area (Å²) >= 11 is 12.2. The highest BCUT2D eigenvalue weighted by Gasteiger charge is 2.14. The van der Waals surface area contributed by atoms with Crippen LogP contribution in [-0.2, 0) is 0 Å². The number of phenols is 1. The second-order valence-electron chi connectivity index (χ2n) is 4.87. The molecule has 0 amide bonds. The molecule has 0 aliphatic heterocycles. The minimum atomic E-state index is 0.0542. The van der Waals surface area contributed by atoms with Crippen molar-refractivity contribution >= 4 is 23.2 Å². The number of hydrogen-bond acceptors (Lipinski definition) is 2. The molecular weight excluding hydrogens is 293 g/mol. The van der Waals surface area contributed by atoms with Gasteiger partial charge in [-0.3, -0.25) is 0 Å². The lowest BCUT2D eigenvalue weighted by molar-refractivity contribution is 0.466. The number of nitrogens with one attached hydrogen (secondary N) is 1. The van der Waals surface area contributed by atoms with Crippen LogP contribution in [0.5, 0.6) is 5.75 Å². The summed E-state index contributed by atoms with van der Waals surface area (Å²) in [7, 11) is 0. The molecule has 2 unspecified atom stereocenters. The molecule has 0 radical (unpaired) electrons. The van der Waals surface area contributed by atoms with Crippen LogP contribution in [0.1, 0.15) is 37.1 Å². The van der Waals surface area contributed by atoms with Gasteiger partial charge < -0.3 is 10.4 Å². The first kappa shape index (κ1) is 15.2. The normalized spacial score (nSPS) is 14.0. The van der Waals surface area contributed by atoms with Gasteiger partial charge in [-0.25, -0.2) is 0 Å². The molecule has 2 N–H and O–H groups in total. The van der Waals surface area contributed by atoms with Crippen LogP contribution >= 0.6 is 23.2 Å². The van der Waals surface area contributed by atoms with E-state index < -0.39 is 0 Å². The highest BCUT2D eigenvalue weighted by molar-refractivity contribution is 6.33. The highest BCUT2D eigenvalue weighted by atomic mass is 35.5. The third-order valence-electron chi connectivity index (χ3n) is 3.29. The number of hydrogen-bond donors (Lipinski definition) is 2. The molecule has 106 valence electrons. The van der Waals surface area contributed by atoms with Crippen molar-refractivity contribution in [2.75, 3.05) is 0 Å². The summed E-state index contributed by atoms with van der Waals surface area (Å²) in [5, 5.41) is 14.3. The lowest BCUT2D eigenvalue weighted by atomic mass is 10.0. The SMILES string of the molecule is CC(NC(C)c1cc(Cl)ccc1Cl)c1cccc(O)c1. The molecule has 0 fully saturated rings. The van der Waals surface area contributed by atoms with Gasteiger partial charge in [-0.1, -0.05) is 35.3 Å². The van der Waals surface area contributed by atoms with E-state index in [-0.39, 0.29) is 17.8 Å².